The topological polar surface area (TPSA) is 71.1 Å². The van der Waals surface area contributed by atoms with Crippen LogP contribution in [-0.4, -0.2) is 37.9 Å². The number of benzene rings is 3. The molecule has 0 fully saturated rings. The van der Waals surface area contributed by atoms with Crippen LogP contribution in [0.1, 0.15) is 66.7 Å². The third kappa shape index (κ3) is 10.1. The summed E-state index contributed by atoms with van der Waals surface area (Å²) in [5.74, 6) is 0.334. The van der Waals surface area contributed by atoms with Gasteiger partial charge in [0, 0.05) is 0 Å². The summed E-state index contributed by atoms with van der Waals surface area (Å²) in [6.07, 6.45) is 7.11. The summed E-state index contributed by atoms with van der Waals surface area (Å²) in [5.41, 5.74) is 2.84. The van der Waals surface area contributed by atoms with E-state index in [-0.39, 0.29) is 12.1 Å². The van der Waals surface area contributed by atoms with Crippen LogP contribution in [0.4, 0.5) is 0 Å². The first-order valence-corrected chi connectivity index (χ1v) is 13.5. The SMILES string of the molecule is C=CCOCCOc1ccc(C(=O)Oc2ccc(-c3ccc(C(=O)O[C@H](C)CCCCCC)cc3)cc2)cc1. The summed E-state index contributed by atoms with van der Waals surface area (Å²) >= 11 is 0. The quantitative estimate of drug-likeness (QED) is 0.0819. The molecule has 3 aromatic rings. The van der Waals surface area contributed by atoms with Crippen molar-refractivity contribution >= 4 is 11.9 Å². The summed E-state index contributed by atoms with van der Waals surface area (Å²) in [6.45, 7) is 9.07. The number of hydrogen-bond donors (Lipinski definition) is 0. The molecular formula is C33H38O6. The third-order valence-corrected chi connectivity index (χ3v) is 6.11. The third-order valence-electron chi connectivity index (χ3n) is 6.11. The first-order chi connectivity index (χ1) is 19.0. The van der Waals surface area contributed by atoms with Crippen molar-refractivity contribution in [1.29, 1.82) is 0 Å². The van der Waals surface area contributed by atoms with E-state index in [9.17, 15) is 9.59 Å². The highest BCUT2D eigenvalue weighted by Gasteiger charge is 2.13. The van der Waals surface area contributed by atoms with Crippen LogP contribution in [-0.2, 0) is 9.47 Å². The number of rotatable bonds is 16. The van der Waals surface area contributed by atoms with E-state index >= 15 is 0 Å². The van der Waals surface area contributed by atoms with Crippen molar-refractivity contribution in [2.24, 2.45) is 0 Å². The van der Waals surface area contributed by atoms with Crippen molar-refractivity contribution in [1.82, 2.24) is 0 Å². The largest absolute Gasteiger partial charge is 0.491 e. The lowest BCUT2D eigenvalue weighted by Gasteiger charge is -2.13. The standard InChI is InChI=1S/C33H38O6/c1-4-6-7-8-9-25(3)38-32(34)28-12-10-26(11-13-28)27-14-20-31(21-15-27)39-33(35)29-16-18-30(19-17-29)37-24-23-36-22-5-2/h5,10-21,25H,2,4,6-9,22-24H2,1,3H3/t25-/m1/s1. The maximum Gasteiger partial charge on any atom is 0.343 e. The normalized spacial score (nSPS) is 11.4. The molecule has 0 saturated heterocycles. The van der Waals surface area contributed by atoms with Crippen molar-refractivity contribution in [2.75, 3.05) is 19.8 Å². The number of carbonyl (C=O) groups excluding carboxylic acids is 2. The molecule has 0 saturated carbocycles. The monoisotopic (exact) mass is 530 g/mol. The van der Waals surface area contributed by atoms with Crippen molar-refractivity contribution in [3.63, 3.8) is 0 Å². The van der Waals surface area contributed by atoms with Gasteiger partial charge in [0.1, 0.15) is 18.1 Å². The van der Waals surface area contributed by atoms with Gasteiger partial charge in [0.15, 0.2) is 0 Å². The minimum atomic E-state index is -0.453. The minimum Gasteiger partial charge on any atom is -0.491 e. The maximum atomic E-state index is 12.5. The molecule has 0 aliphatic rings. The van der Waals surface area contributed by atoms with E-state index in [1.54, 1.807) is 54.6 Å². The van der Waals surface area contributed by atoms with Crippen molar-refractivity contribution in [3.8, 4) is 22.6 Å². The molecule has 0 amide bonds. The van der Waals surface area contributed by atoms with E-state index in [0.717, 1.165) is 24.0 Å². The Labute approximate surface area is 231 Å². The molecule has 0 unspecified atom stereocenters. The number of ether oxygens (including phenoxy) is 4. The van der Waals surface area contributed by atoms with Crippen LogP contribution in [0.5, 0.6) is 11.5 Å². The number of unbranched alkanes of at least 4 members (excludes halogenated alkanes) is 3. The molecule has 6 heteroatoms. The highest BCUT2D eigenvalue weighted by Crippen LogP contribution is 2.24. The zero-order valence-corrected chi connectivity index (χ0v) is 22.9. The summed E-state index contributed by atoms with van der Waals surface area (Å²) in [4.78, 5) is 25.0. The summed E-state index contributed by atoms with van der Waals surface area (Å²) in [5, 5.41) is 0. The second kappa shape index (κ2) is 16.1. The van der Waals surface area contributed by atoms with Gasteiger partial charge in [-0.15, -0.1) is 6.58 Å². The lowest BCUT2D eigenvalue weighted by Crippen LogP contribution is -2.15. The number of carbonyl (C=O) groups is 2. The zero-order chi connectivity index (χ0) is 27.9. The summed E-state index contributed by atoms with van der Waals surface area (Å²) in [6, 6.07) is 21.3. The minimum absolute atomic E-state index is 0.0944. The van der Waals surface area contributed by atoms with Gasteiger partial charge in [0.2, 0.25) is 0 Å². The number of esters is 2. The predicted molar refractivity (Wildman–Crippen MR) is 153 cm³/mol. The molecule has 6 nitrogen and oxygen atoms in total. The molecule has 0 aromatic heterocycles. The summed E-state index contributed by atoms with van der Waals surface area (Å²) in [7, 11) is 0. The van der Waals surface area contributed by atoms with Gasteiger partial charge < -0.3 is 18.9 Å². The lowest BCUT2D eigenvalue weighted by atomic mass is 10.0. The van der Waals surface area contributed by atoms with Crippen LogP contribution in [0.15, 0.2) is 85.5 Å². The van der Waals surface area contributed by atoms with Crippen LogP contribution in [0, 0.1) is 0 Å². The first kappa shape index (κ1) is 29.7. The van der Waals surface area contributed by atoms with Crippen molar-refractivity contribution < 1.29 is 28.5 Å². The molecule has 0 N–H and O–H groups in total. The van der Waals surface area contributed by atoms with Crippen LogP contribution in [0.25, 0.3) is 11.1 Å². The Balaban J connectivity index is 1.48. The van der Waals surface area contributed by atoms with Crippen LogP contribution in [0.2, 0.25) is 0 Å². The maximum absolute atomic E-state index is 12.5. The van der Waals surface area contributed by atoms with Gasteiger partial charge in [-0.05, 0) is 79.4 Å². The second-order valence-electron chi connectivity index (χ2n) is 9.29. The van der Waals surface area contributed by atoms with Crippen LogP contribution < -0.4 is 9.47 Å². The van der Waals surface area contributed by atoms with Crippen LogP contribution in [0.3, 0.4) is 0 Å². The van der Waals surface area contributed by atoms with Gasteiger partial charge in [-0.1, -0.05) is 56.5 Å². The van der Waals surface area contributed by atoms with E-state index in [0.29, 0.717) is 42.4 Å². The van der Waals surface area contributed by atoms with Gasteiger partial charge in [0.25, 0.3) is 0 Å². The van der Waals surface area contributed by atoms with E-state index in [4.69, 9.17) is 18.9 Å². The molecule has 3 aromatic carbocycles. The fourth-order valence-electron chi connectivity index (χ4n) is 3.92. The fourth-order valence-corrected chi connectivity index (χ4v) is 3.92. The average molecular weight is 531 g/mol. The molecule has 206 valence electrons. The molecule has 0 bridgehead atoms. The van der Waals surface area contributed by atoms with Crippen molar-refractivity contribution in [2.45, 2.75) is 52.1 Å². The smallest absolute Gasteiger partial charge is 0.343 e. The molecule has 3 rings (SSSR count). The molecule has 0 heterocycles. The molecule has 0 aliphatic carbocycles. The Morgan fingerprint density at radius 1 is 0.769 bits per heavy atom. The Kier molecular flexibility index (Phi) is 12.3. The zero-order valence-electron chi connectivity index (χ0n) is 22.9. The predicted octanol–water partition coefficient (Wildman–Crippen LogP) is 7.67. The Morgan fingerprint density at radius 3 is 2.00 bits per heavy atom. The van der Waals surface area contributed by atoms with Crippen molar-refractivity contribution in [3.05, 3.63) is 96.6 Å². The van der Waals surface area contributed by atoms with Gasteiger partial charge in [-0.2, -0.15) is 0 Å². The average Bonchev–Trinajstić information content (AvgIpc) is 2.96. The molecular weight excluding hydrogens is 492 g/mol. The molecule has 0 radical (unpaired) electrons. The number of hydrogen-bond acceptors (Lipinski definition) is 6. The van der Waals surface area contributed by atoms with E-state index in [2.05, 4.69) is 13.5 Å². The summed E-state index contributed by atoms with van der Waals surface area (Å²) < 4.78 is 22.0. The molecule has 0 spiro atoms. The Hall–Kier alpha value is -3.90. The molecule has 0 aliphatic heterocycles. The molecule has 1 atom stereocenters. The Bertz CT molecular complexity index is 1170. The lowest BCUT2D eigenvalue weighted by molar-refractivity contribution is 0.0319. The molecule has 39 heavy (non-hydrogen) atoms. The van der Waals surface area contributed by atoms with Gasteiger partial charge in [-0.25, -0.2) is 9.59 Å². The van der Waals surface area contributed by atoms with Gasteiger partial charge >= 0.3 is 11.9 Å². The highest BCUT2D eigenvalue weighted by atomic mass is 16.5. The Morgan fingerprint density at radius 2 is 1.36 bits per heavy atom. The van der Waals surface area contributed by atoms with Gasteiger partial charge in [-0.3, -0.25) is 0 Å². The van der Waals surface area contributed by atoms with Crippen LogP contribution >= 0.6 is 0 Å². The highest BCUT2D eigenvalue weighted by molar-refractivity contribution is 5.91. The second-order valence-corrected chi connectivity index (χ2v) is 9.29. The fraction of sp³-hybridized carbons (Fsp3) is 0.333. The van der Waals surface area contributed by atoms with E-state index in [1.165, 1.54) is 19.3 Å². The van der Waals surface area contributed by atoms with E-state index < -0.39 is 5.97 Å². The first-order valence-electron chi connectivity index (χ1n) is 13.5. The van der Waals surface area contributed by atoms with Gasteiger partial charge in [0.05, 0.1) is 30.4 Å². The van der Waals surface area contributed by atoms with E-state index in [1.807, 2.05) is 31.2 Å².